The molecule has 1 saturated heterocycles. The first kappa shape index (κ1) is 14.9. The lowest BCUT2D eigenvalue weighted by Gasteiger charge is -2.37. The Morgan fingerprint density at radius 3 is 2.73 bits per heavy atom. The Balaban J connectivity index is 1.83. The molecule has 2 aliphatic heterocycles. The Labute approximate surface area is 127 Å². The van der Waals surface area contributed by atoms with E-state index in [-0.39, 0.29) is 12.1 Å². The lowest BCUT2D eigenvalue weighted by molar-refractivity contribution is 0.116. The number of hydrazone groups is 1. The predicted octanol–water partition coefficient (Wildman–Crippen LogP) is 2.11. The van der Waals surface area contributed by atoms with E-state index in [2.05, 4.69) is 10.4 Å². The van der Waals surface area contributed by atoms with Crippen LogP contribution in [0.3, 0.4) is 0 Å². The summed E-state index contributed by atoms with van der Waals surface area (Å²) in [5.74, 6) is -1.30. The number of amides is 2. The van der Waals surface area contributed by atoms with Gasteiger partial charge < -0.3 is 10.2 Å². The molecule has 0 aliphatic carbocycles. The fourth-order valence-corrected chi connectivity index (χ4v) is 2.90. The fraction of sp³-hybridized carbons (Fsp3) is 0.467. The van der Waals surface area contributed by atoms with Crippen molar-refractivity contribution in [1.82, 2.24) is 15.2 Å². The monoisotopic (exact) mass is 308 g/mol. The van der Waals surface area contributed by atoms with Crippen LogP contribution in [0.25, 0.3) is 0 Å². The van der Waals surface area contributed by atoms with E-state index >= 15 is 0 Å². The van der Waals surface area contributed by atoms with Crippen molar-refractivity contribution in [1.29, 1.82) is 0 Å². The Kier molecular flexibility index (Phi) is 4.06. The van der Waals surface area contributed by atoms with Gasteiger partial charge in [-0.15, -0.1) is 0 Å². The molecule has 3 rings (SSSR count). The number of nitrogens with one attached hydrogen (secondary N) is 1. The summed E-state index contributed by atoms with van der Waals surface area (Å²) in [5.41, 5.74) is 0.422. The number of urea groups is 1. The quantitative estimate of drug-likeness (QED) is 0.864. The molecule has 2 aliphatic rings. The molecule has 1 fully saturated rings. The molecule has 0 bridgehead atoms. The van der Waals surface area contributed by atoms with Gasteiger partial charge in [0.1, 0.15) is 11.6 Å². The highest BCUT2D eigenvalue weighted by molar-refractivity contribution is 5.79. The number of piperazine rings is 1. The first-order chi connectivity index (χ1) is 10.6. The highest BCUT2D eigenvalue weighted by Gasteiger charge is 2.34. The minimum atomic E-state index is -0.648. The number of benzene rings is 1. The second-order valence-electron chi connectivity index (χ2n) is 5.63. The molecular weight excluding hydrogens is 290 g/mol. The summed E-state index contributed by atoms with van der Waals surface area (Å²) in [6, 6.07) is 2.71. The summed E-state index contributed by atoms with van der Waals surface area (Å²) in [6.07, 6.45) is 2.06. The molecule has 118 valence electrons. The van der Waals surface area contributed by atoms with Crippen molar-refractivity contribution in [2.24, 2.45) is 5.10 Å². The van der Waals surface area contributed by atoms with Crippen molar-refractivity contribution in [3.05, 3.63) is 35.4 Å². The number of rotatable bonds is 1. The molecular formula is C15H18F2N4O. The summed E-state index contributed by atoms with van der Waals surface area (Å²) in [4.78, 5) is 14.4. The van der Waals surface area contributed by atoms with Crippen LogP contribution in [-0.2, 0) is 0 Å². The lowest BCUT2D eigenvalue weighted by atomic mass is 10.0. The average Bonchev–Trinajstić information content (AvgIpc) is 2.95. The van der Waals surface area contributed by atoms with Crippen molar-refractivity contribution in [3.63, 3.8) is 0 Å². The van der Waals surface area contributed by atoms with Gasteiger partial charge in [0, 0.05) is 44.4 Å². The fourth-order valence-electron chi connectivity index (χ4n) is 2.90. The minimum absolute atomic E-state index is 0.0574. The molecule has 1 aromatic carbocycles. The largest absolute Gasteiger partial charge is 0.341 e. The first-order valence-electron chi connectivity index (χ1n) is 7.35. The molecule has 1 unspecified atom stereocenters. The maximum atomic E-state index is 13.4. The van der Waals surface area contributed by atoms with E-state index in [0.717, 1.165) is 19.2 Å². The predicted molar refractivity (Wildman–Crippen MR) is 78.5 cm³/mol. The van der Waals surface area contributed by atoms with Gasteiger partial charge in [0.05, 0.1) is 6.04 Å². The summed E-state index contributed by atoms with van der Waals surface area (Å²) in [6.45, 7) is 4.01. The van der Waals surface area contributed by atoms with Crippen molar-refractivity contribution in [2.45, 2.75) is 25.4 Å². The number of nitrogens with zero attached hydrogens (tertiary/aromatic N) is 3. The van der Waals surface area contributed by atoms with Gasteiger partial charge in [-0.3, -0.25) is 0 Å². The van der Waals surface area contributed by atoms with Crippen molar-refractivity contribution in [2.75, 3.05) is 19.6 Å². The van der Waals surface area contributed by atoms with Crippen LogP contribution in [0.4, 0.5) is 13.6 Å². The Morgan fingerprint density at radius 1 is 1.32 bits per heavy atom. The minimum Gasteiger partial charge on any atom is -0.318 e. The Morgan fingerprint density at radius 2 is 2.05 bits per heavy atom. The zero-order valence-electron chi connectivity index (χ0n) is 12.3. The van der Waals surface area contributed by atoms with Crippen molar-refractivity contribution >= 4 is 12.2 Å². The summed E-state index contributed by atoms with van der Waals surface area (Å²) in [7, 11) is 0. The molecule has 1 aromatic rings. The third kappa shape index (κ3) is 2.81. The smallest absolute Gasteiger partial charge is 0.318 e. The van der Waals surface area contributed by atoms with E-state index in [9.17, 15) is 13.6 Å². The molecule has 0 aromatic heterocycles. The number of carbonyl (C=O) groups is 1. The zero-order valence-corrected chi connectivity index (χ0v) is 12.3. The van der Waals surface area contributed by atoms with Crippen molar-refractivity contribution in [3.8, 4) is 0 Å². The first-order valence-corrected chi connectivity index (χ1v) is 7.35. The third-order valence-electron chi connectivity index (χ3n) is 4.04. The molecule has 2 amide bonds. The highest BCUT2D eigenvalue weighted by Crippen LogP contribution is 2.30. The second-order valence-corrected chi connectivity index (χ2v) is 5.63. The van der Waals surface area contributed by atoms with E-state index in [1.165, 1.54) is 17.1 Å². The van der Waals surface area contributed by atoms with Crippen LogP contribution < -0.4 is 5.32 Å². The normalized spacial score (nSPS) is 24.9. The van der Waals surface area contributed by atoms with Crippen LogP contribution in [0.1, 0.15) is 24.9 Å². The maximum absolute atomic E-state index is 13.4. The Hall–Kier alpha value is -2.02. The standard InChI is InChI=1S/C15H18F2N4O/c1-10-9-18-4-5-20(10)15(22)21-14(2-3-19-21)11-6-12(16)8-13(17)7-11/h3,6-8,10,14,18H,2,4-5,9H2,1H3/t10-,14?/m0/s1. The van der Waals surface area contributed by atoms with Crippen LogP contribution in [-0.4, -0.2) is 47.8 Å². The van der Waals surface area contributed by atoms with Gasteiger partial charge in [-0.05, 0) is 24.6 Å². The van der Waals surface area contributed by atoms with Crippen LogP contribution in [0.5, 0.6) is 0 Å². The van der Waals surface area contributed by atoms with E-state index in [4.69, 9.17) is 0 Å². The molecule has 2 heterocycles. The van der Waals surface area contributed by atoms with Crippen LogP contribution >= 0.6 is 0 Å². The van der Waals surface area contributed by atoms with Crippen LogP contribution in [0.2, 0.25) is 0 Å². The van der Waals surface area contributed by atoms with E-state index < -0.39 is 17.7 Å². The molecule has 2 atom stereocenters. The van der Waals surface area contributed by atoms with Gasteiger partial charge in [0.2, 0.25) is 0 Å². The molecule has 0 radical (unpaired) electrons. The van der Waals surface area contributed by atoms with Crippen LogP contribution in [0, 0.1) is 11.6 Å². The van der Waals surface area contributed by atoms with Gasteiger partial charge in [-0.2, -0.15) is 5.10 Å². The van der Waals surface area contributed by atoms with Gasteiger partial charge >= 0.3 is 6.03 Å². The molecule has 22 heavy (non-hydrogen) atoms. The van der Waals surface area contributed by atoms with Gasteiger partial charge in [-0.1, -0.05) is 0 Å². The molecule has 5 nitrogen and oxygen atoms in total. The summed E-state index contributed by atoms with van der Waals surface area (Å²) >= 11 is 0. The average molecular weight is 308 g/mol. The van der Waals surface area contributed by atoms with Crippen LogP contribution in [0.15, 0.2) is 23.3 Å². The SMILES string of the molecule is C[C@H]1CNCCN1C(=O)N1N=CCC1c1cc(F)cc(F)c1. The maximum Gasteiger partial charge on any atom is 0.341 e. The third-order valence-corrected chi connectivity index (χ3v) is 4.04. The molecule has 0 saturated carbocycles. The van der Waals surface area contributed by atoms with Crippen molar-refractivity contribution < 1.29 is 13.6 Å². The van der Waals surface area contributed by atoms with E-state index in [1.54, 1.807) is 11.1 Å². The van der Waals surface area contributed by atoms with Gasteiger partial charge in [0.15, 0.2) is 0 Å². The van der Waals surface area contributed by atoms with E-state index in [0.29, 0.717) is 18.5 Å². The topological polar surface area (TPSA) is 47.9 Å². The highest BCUT2D eigenvalue weighted by atomic mass is 19.1. The second kappa shape index (κ2) is 6.00. The zero-order chi connectivity index (χ0) is 15.7. The van der Waals surface area contributed by atoms with Gasteiger partial charge in [-0.25, -0.2) is 18.6 Å². The summed E-state index contributed by atoms with van der Waals surface area (Å²) in [5, 5.41) is 8.66. The number of carbonyl (C=O) groups excluding carboxylic acids is 1. The number of halogens is 2. The Bertz CT molecular complexity index is 587. The molecule has 1 N–H and O–H groups in total. The molecule has 0 spiro atoms. The number of hydrogen-bond donors (Lipinski definition) is 1. The van der Waals surface area contributed by atoms with E-state index in [1.807, 2.05) is 6.92 Å². The summed E-state index contributed by atoms with van der Waals surface area (Å²) < 4.78 is 26.8. The lowest BCUT2D eigenvalue weighted by Crippen LogP contribution is -2.55. The molecule has 7 heteroatoms. The number of hydrogen-bond acceptors (Lipinski definition) is 3. The van der Waals surface area contributed by atoms with Gasteiger partial charge in [0.25, 0.3) is 0 Å².